The minimum Gasteiger partial charge on any atom is -0.508 e. The molecule has 1 aliphatic rings. The summed E-state index contributed by atoms with van der Waals surface area (Å²) in [4.78, 5) is 4.26. The van der Waals surface area contributed by atoms with Crippen LogP contribution >= 0.6 is 0 Å². The number of fused-ring (bicyclic) bond motifs is 1. The molecule has 0 bridgehead atoms. The first-order valence-electron chi connectivity index (χ1n) is 9.61. The molecular formula is C20H33N3O2. The second-order valence-electron chi connectivity index (χ2n) is 6.58. The van der Waals surface area contributed by atoms with Gasteiger partial charge >= 0.3 is 0 Å². The predicted molar refractivity (Wildman–Crippen MR) is 103 cm³/mol. The van der Waals surface area contributed by atoms with Crippen LogP contribution in [0.25, 0.3) is 0 Å². The summed E-state index contributed by atoms with van der Waals surface area (Å²) in [5.74, 6) is 1.15. The number of hydrogen-bond donors (Lipinski definition) is 3. The van der Waals surface area contributed by atoms with E-state index in [4.69, 9.17) is 4.74 Å². The van der Waals surface area contributed by atoms with Crippen molar-refractivity contribution in [2.75, 3.05) is 26.8 Å². The number of unbranched alkanes of at least 4 members (excludes halogenated alkanes) is 1. The summed E-state index contributed by atoms with van der Waals surface area (Å²) >= 11 is 0. The molecule has 25 heavy (non-hydrogen) atoms. The molecule has 0 atom stereocenters. The van der Waals surface area contributed by atoms with Gasteiger partial charge in [-0.05, 0) is 55.7 Å². The largest absolute Gasteiger partial charge is 0.508 e. The maximum atomic E-state index is 10.3. The number of nitrogens with zero attached hydrogens (tertiary/aromatic N) is 1. The summed E-state index contributed by atoms with van der Waals surface area (Å²) in [5.41, 5.74) is 3.72. The number of phenols is 1. The van der Waals surface area contributed by atoms with Crippen LogP contribution in [-0.4, -0.2) is 37.9 Å². The maximum Gasteiger partial charge on any atom is 0.191 e. The summed E-state index contributed by atoms with van der Waals surface area (Å²) in [6.07, 6.45) is 7.88. The minimum absolute atomic E-state index is 0.382. The zero-order chi connectivity index (χ0) is 17.9. The number of aryl methyl sites for hydroxylation is 1. The molecule has 1 aromatic carbocycles. The molecule has 0 unspecified atom stereocenters. The maximum absolute atomic E-state index is 10.3. The van der Waals surface area contributed by atoms with Gasteiger partial charge in [0.15, 0.2) is 5.96 Å². The van der Waals surface area contributed by atoms with Crippen LogP contribution in [0.1, 0.15) is 55.7 Å². The van der Waals surface area contributed by atoms with Gasteiger partial charge in [-0.3, -0.25) is 4.99 Å². The van der Waals surface area contributed by atoms with E-state index < -0.39 is 0 Å². The highest BCUT2D eigenvalue weighted by molar-refractivity contribution is 5.79. The molecule has 2 rings (SSSR count). The Kier molecular flexibility index (Phi) is 8.60. The summed E-state index contributed by atoms with van der Waals surface area (Å²) in [6.45, 7) is 5.22. The molecule has 0 radical (unpaired) electrons. The lowest BCUT2D eigenvalue weighted by atomic mass is 9.88. The molecule has 0 fully saturated rings. The number of hydrogen-bond acceptors (Lipinski definition) is 3. The van der Waals surface area contributed by atoms with Gasteiger partial charge in [0.25, 0.3) is 0 Å². The van der Waals surface area contributed by atoms with E-state index in [9.17, 15) is 5.11 Å². The highest BCUT2D eigenvalue weighted by Gasteiger charge is 2.16. The van der Waals surface area contributed by atoms with Crippen LogP contribution in [0.15, 0.2) is 17.1 Å². The average Bonchev–Trinajstić information content (AvgIpc) is 2.64. The molecule has 0 saturated carbocycles. The molecule has 3 N–H and O–H groups in total. The third kappa shape index (κ3) is 6.24. The van der Waals surface area contributed by atoms with Crippen LogP contribution in [-0.2, 0) is 24.1 Å². The van der Waals surface area contributed by atoms with E-state index in [0.29, 0.717) is 12.3 Å². The van der Waals surface area contributed by atoms with Gasteiger partial charge in [-0.1, -0.05) is 19.4 Å². The first kappa shape index (κ1) is 19.6. The van der Waals surface area contributed by atoms with E-state index in [-0.39, 0.29) is 0 Å². The highest BCUT2D eigenvalue weighted by atomic mass is 16.5. The number of guanidine groups is 1. The predicted octanol–water partition coefficient (Wildman–Crippen LogP) is 3.14. The van der Waals surface area contributed by atoms with Crippen molar-refractivity contribution < 1.29 is 9.84 Å². The van der Waals surface area contributed by atoms with Crippen molar-refractivity contribution in [2.45, 2.75) is 58.4 Å². The van der Waals surface area contributed by atoms with E-state index >= 15 is 0 Å². The van der Waals surface area contributed by atoms with Gasteiger partial charge in [-0.15, -0.1) is 0 Å². The Morgan fingerprint density at radius 2 is 1.96 bits per heavy atom. The van der Waals surface area contributed by atoms with E-state index in [1.165, 1.54) is 30.4 Å². The van der Waals surface area contributed by atoms with Crippen LogP contribution in [0.2, 0.25) is 0 Å². The summed E-state index contributed by atoms with van der Waals surface area (Å²) in [6, 6.07) is 3.89. The third-order valence-corrected chi connectivity index (χ3v) is 4.68. The van der Waals surface area contributed by atoms with Crippen molar-refractivity contribution in [3.05, 3.63) is 28.8 Å². The lowest BCUT2D eigenvalue weighted by molar-refractivity contribution is 0.129. The van der Waals surface area contributed by atoms with Gasteiger partial charge in [-0.2, -0.15) is 0 Å². The molecule has 5 nitrogen and oxygen atoms in total. The molecule has 0 saturated heterocycles. The third-order valence-electron chi connectivity index (χ3n) is 4.68. The molecule has 0 aromatic heterocycles. The van der Waals surface area contributed by atoms with Crippen molar-refractivity contribution in [1.29, 1.82) is 0 Å². The zero-order valence-electron chi connectivity index (χ0n) is 15.7. The Morgan fingerprint density at radius 1 is 1.16 bits per heavy atom. The van der Waals surface area contributed by atoms with Gasteiger partial charge in [0.1, 0.15) is 5.75 Å². The Bertz CT molecular complexity index is 558. The topological polar surface area (TPSA) is 65.9 Å². The van der Waals surface area contributed by atoms with Crippen molar-refractivity contribution in [2.24, 2.45) is 4.99 Å². The average molecular weight is 348 g/mol. The number of aromatic hydroxyl groups is 1. The van der Waals surface area contributed by atoms with Gasteiger partial charge in [0.2, 0.25) is 0 Å². The van der Waals surface area contributed by atoms with Crippen LogP contribution in [0.3, 0.4) is 0 Å². The molecule has 1 aliphatic carbocycles. The Hall–Kier alpha value is -1.75. The molecule has 0 spiro atoms. The molecular weight excluding hydrogens is 314 g/mol. The minimum atomic E-state index is 0.382. The second kappa shape index (κ2) is 11.0. The lowest BCUT2D eigenvalue weighted by Crippen LogP contribution is -2.37. The van der Waals surface area contributed by atoms with Crippen molar-refractivity contribution in [1.82, 2.24) is 10.6 Å². The van der Waals surface area contributed by atoms with E-state index in [0.717, 1.165) is 57.0 Å². The summed E-state index contributed by atoms with van der Waals surface area (Å²) < 4.78 is 5.56. The highest BCUT2D eigenvalue weighted by Crippen LogP contribution is 2.30. The number of ether oxygens (including phenoxy) is 1. The second-order valence-corrected chi connectivity index (χ2v) is 6.58. The van der Waals surface area contributed by atoms with Crippen molar-refractivity contribution in [3.8, 4) is 5.75 Å². The lowest BCUT2D eigenvalue weighted by Gasteiger charge is -2.21. The van der Waals surface area contributed by atoms with Crippen molar-refractivity contribution >= 4 is 5.96 Å². The fraction of sp³-hybridized carbons (Fsp3) is 0.650. The molecule has 140 valence electrons. The van der Waals surface area contributed by atoms with Crippen LogP contribution < -0.4 is 10.6 Å². The molecule has 0 amide bonds. The number of benzene rings is 1. The molecule has 1 aromatic rings. The van der Waals surface area contributed by atoms with E-state index in [1.54, 1.807) is 7.05 Å². The number of nitrogens with one attached hydrogen (secondary N) is 2. The number of aliphatic imine (C=N–C) groups is 1. The quantitative estimate of drug-likeness (QED) is 0.365. The van der Waals surface area contributed by atoms with Crippen LogP contribution in [0.4, 0.5) is 0 Å². The Morgan fingerprint density at radius 3 is 2.76 bits per heavy atom. The van der Waals surface area contributed by atoms with Gasteiger partial charge < -0.3 is 20.5 Å². The summed E-state index contributed by atoms with van der Waals surface area (Å²) in [7, 11) is 1.77. The smallest absolute Gasteiger partial charge is 0.191 e. The molecule has 5 heteroatoms. The van der Waals surface area contributed by atoms with Gasteiger partial charge in [-0.25, -0.2) is 0 Å². The van der Waals surface area contributed by atoms with E-state index in [1.807, 2.05) is 6.07 Å². The SMILES string of the molecule is CCCCOCCCNC(=NC)NCc1c(O)ccc2c1CCCC2. The van der Waals surface area contributed by atoms with Crippen LogP contribution in [0.5, 0.6) is 5.75 Å². The van der Waals surface area contributed by atoms with Crippen molar-refractivity contribution in [3.63, 3.8) is 0 Å². The first-order valence-corrected chi connectivity index (χ1v) is 9.61. The molecule has 0 aliphatic heterocycles. The zero-order valence-corrected chi connectivity index (χ0v) is 15.7. The number of rotatable bonds is 9. The standard InChI is InChI=1S/C20H33N3O2/c1-3-4-13-25-14-7-12-22-20(21-2)23-15-18-17-9-6-5-8-16(17)10-11-19(18)24/h10-11,24H,3-9,12-15H2,1-2H3,(H2,21,22,23). The molecule has 0 heterocycles. The van der Waals surface area contributed by atoms with Crippen LogP contribution in [0, 0.1) is 0 Å². The fourth-order valence-corrected chi connectivity index (χ4v) is 3.21. The van der Waals surface area contributed by atoms with Gasteiger partial charge in [0, 0.05) is 38.9 Å². The number of phenolic OH excluding ortho intramolecular Hbond substituents is 1. The summed E-state index contributed by atoms with van der Waals surface area (Å²) in [5, 5.41) is 16.9. The van der Waals surface area contributed by atoms with Gasteiger partial charge in [0.05, 0.1) is 0 Å². The Balaban J connectivity index is 1.77. The Labute approximate surface area is 151 Å². The fourth-order valence-electron chi connectivity index (χ4n) is 3.21. The van der Waals surface area contributed by atoms with E-state index in [2.05, 4.69) is 28.6 Å². The normalized spacial score (nSPS) is 14.2. The monoisotopic (exact) mass is 347 g/mol. The first-order chi connectivity index (χ1) is 12.3.